The number of benzene rings is 1. The van der Waals surface area contributed by atoms with Crippen molar-refractivity contribution < 1.29 is 9.84 Å². The Bertz CT molecular complexity index is 180. The van der Waals surface area contributed by atoms with E-state index in [0.717, 1.165) is 4.47 Å². The van der Waals surface area contributed by atoms with Gasteiger partial charge in [0.1, 0.15) is 5.75 Å². The molecule has 0 atom stereocenters. The van der Waals surface area contributed by atoms with Crippen molar-refractivity contribution in [1.29, 1.82) is 0 Å². The van der Waals surface area contributed by atoms with E-state index in [-0.39, 0.29) is 5.75 Å². The summed E-state index contributed by atoms with van der Waals surface area (Å²) < 4.78 is 4.99. The lowest BCUT2D eigenvalue weighted by atomic mass is 10.3. The average Bonchev–Trinajstić information content (AvgIpc) is 1.97. The molecule has 1 rings (SSSR count). The van der Waals surface area contributed by atoms with Crippen LogP contribution in [-0.2, 0) is 4.74 Å². The van der Waals surface area contributed by atoms with Crippen LogP contribution in [0.2, 0.25) is 0 Å². The molecule has 1 aromatic carbocycles. The van der Waals surface area contributed by atoms with E-state index < -0.39 is 0 Å². The summed E-state index contributed by atoms with van der Waals surface area (Å²) in [6.07, 6.45) is 0. The second-order valence-corrected chi connectivity index (χ2v) is 2.71. The van der Waals surface area contributed by atoms with E-state index in [4.69, 9.17) is 5.11 Å². The second kappa shape index (κ2) is 6.19. The molecule has 0 aliphatic heterocycles. The molecular weight excluding hydrogens is 208 g/mol. The third-order valence-electron chi connectivity index (χ3n) is 0.852. The van der Waals surface area contributed by atoms with Gasteiger partial charge in [0.05, 0.1) is 4.47 Å². The number of aromatic hydroxyl groups is 1. The van der Waals surface area contributed by atoms with E-state index >= 15 is 0 Å². The van der Waals surface area contributed by atoms with Crippen LogP contribution in [0.5, 0.6) is 5.75 Å². The number of ether oxygens (including phenoxy) is 1. The second-order valence-electron chi connectivity index (χ2n) is 1.86. The predicted molar refractivity (Wildman–Crippen MR) is 48.7 cm³/mol. The van der Waals surface area contributed by atoms with Gasteiger partial charge in [-0.1, -0.05) is 12.1 Å². The number of hydrogen-bond donors (Lipinski definition) is 1. The molecular formula is C8H11BrO2. The Kier molecular flexibility index (Phi) is 5.88. The highest BCUT2D eigenvalue weighted by Gasteiger charge is 1.89. The van der Waals surface area contributed by atoms with E-state index in [2.05, 4.69) is 20.7 Å². The number of phenolic OH excluding ortho intramolecular Hbond substituents is 1. The van der Waals surface area contributed by atoms with Crippen LogP contribution < -0.4 is 0 Å². The van der Waals surface area contributed by atoms with Crippen molar-refractivity contribution in [3.63, 3.8) is 0 Å². The first-order valence-corrected chi connectivity index (χ1v) is 3.85. The number of hydrogen-bond acceptors (Lipinski definition) is 2. The van der Waals surface area contributed by atoms with Crippen LogP contribution in [0.25, 0.3) is 0 Å². The number of rotatable bonds is 0. The fourth-order valence-electron chi connectivity index (χ4n) is 0.452. The number of phenols is 1. The summed E-state index contributed by atoms with van der Waals surface area (Å²) >= 11 is 3.15. The highest BCUT2D eigenvalue weighted by Crippen LogP contribution is 2.21. The Balaban J connectivity index is 0.000000292. The molecule has 0 bridgehead atoms. The minimum Gasteiger partial charge on any atom is -0.507 e. The third-order valence-corrected chi connectivity index (χ3v) is 1.52. The van der Waals surface area contributed by atoms with Gasteiger partial charge in [0.15, 0.2) is 0 Å². The van der Waals surface area contributed by atoms with Gasteiger partial charge >= 0.3 is 0 Å². The van der Waals surface area contributed by atoms with Crippen LogP contribution in [0.15, 0.2) is 28.7 Å². The van der Waals surface area contributed by atoms with Gasteiger partial charge < -0.3 is 9.84 Å². The molecule has 0 aliphatic carbocycles. The molecule has 2 nitrogen and oxygen atoms in total. The maximum absolute atomic E-state index is 8.87. The number of halogens is 1. The van der Waals surface area contributed by atoms with E-state index in [1.54, 1.807) is 32.4 Å². The standard InChI is InChI=1S/C6H5BrO.C2H6O/c7-5-3-1-2-4-6(5)8;1-3-2/h1-4,8H;1-2H3. The van der Waals surface area contributed by atoms with Crippen LogP contribution in [0, 0.1) is 0 Å². The zero-order chi connectivity index (χ0) is 8.69. The molecule has 0 fully saturated rings. The van der Waals surface area contributed by atoms with Gasteiger partial charge in [0.25, 0.3) is 0 Å². The number of para-hydroxylation sites is 1. The van der Waals surface area contributed by atoms with Gasteiger partial charge in [0.2, 0.25) is 0 Å². The van der Waals surface area contributed by atoms with E-state index in [1.165, 1.54) is 0 Å². The summed E-state index contributed by atoms with van der Waals surface area (Å²) in [6.45, 7) is 0. The van der Waals surface area contributed by atoms with Gasteiger partial charge in [-0.3, -0.25) is 0 Å². The summed E-state index contributed by atoms with van der Waals surface area (Å²) in [5.41, 5.74) is 0. The molecule has 3 heteroatoms. The summed E-state index contributed by atoms with van der Waals surface area (Å²) in [5, 5.41) is 8.87. The molecule has 62 valence electrons. The van der Waals surface area contributed by atoms with Gasteiger partial charge in [-0.25, -0.2) is 0 Å². The lowest BCUT2D eigenvalue weighted by Crippen LogP contribution is -1.63. The lowest BCUT2D eigenvalue weighted by Gasteiger charge is -1.90. The van der Waals surface area contributed by atoms with Crippen molar-refractivity contribution in [3.8, 4) is 5.75 Å². The minimum absolute atomic E-state index is 0.285. The maximum Gasteiger partial charge on any atom is 0.129 e. The van der Waals surface area contributed by atoms with E-state index in [9.17, 15) is 0 Å². The van der Waals surface area contributed by atoms with Crippen molar-refractivity contribution in [2.45, 2.75) is 0 Å². The lowest BCUT2D eigenvalue weighted by molar-refractivity contribution is 0.277. The first kappa shape index (κ1) is 10.5. The van der Waals surface area contributed by atoms with Crippen molar-refractivity contribution >= 4 is 15.9 Å². The zero-order valence-electron chi connectivity index (χ0n) is 6.54. The summed E-state index contributed by atoms with van der Waals surface area (Å²) in [6, 6.07) is 7.04. The van der Waals surface area contributed by atoms with Gasteiger partial charge in [-0.05, 0) is 28.1 Å². The van der Waals surface area contributed by atoms with Gasteiger partial charge in [-0.15, -0.1) is 0 Å². The largest absolute Gasteiger partial charge is 0.507 e. The summed E-state index contributed by atoms with van der Waals surface area (Å²) in [5.74, 6) is 0.285. The van der Waals surface area contributed by atoms with E-state index in [1.807, 2.05) is 6.07 Å². The Morgan fingerprint density at radius 1 is 1.27 bits per heavy atom. The molecule has 0 amide bonds. The van der Waals surface area contributed by atoms with Crippen LogP contribution in [0.1, 0.15) is 0 Å². The van der Waals surface area contributed by atoms with Crippen LogP contribution in [0.4, 0.5) is 0 Å². The summed E-state index contributed by atoms with van der Waals surface area (Å²) in [4.78, 5) is 0. The van der Waals surface area contributed by atoms with Crippen molar-refractivity contribution in [3.05, 3.63) is 28.7 Å². The van der Waals surface area contributed by atoms with Gasteiger partial charge in [-0.2, -0.15) is 0 Å². The monoisotopic (exact) mass is 218 g/mol. The van der Waals surface area contributed by atoms with E-state index in [0.29, 0.717) is 0 Å². The molecule has 0 spiro atoms. The molecule has 1 N–H and O–H groups in total. The maximum atomic E-state index is 8.87. The molecule has 0 saturated heterocycles. The normalized spacial score (nSPS) is 8.27. The Hall–Kier alpha value is -0.540. The molecule has 0 unspecified atom stereocenters. The molecule has 0 radical (unpaired) electrons. The quantitative estimate of drug-likeness (QED) is 0.725. The molecule has 0 heterocycles. The third kappa shape index (κ3) is 4.81. The highest BCUT2D eigenvalue weighted by molar-refractivity contribution is 9.10. The highest BCUT2D eigenvalue weighted by atomic mass is 79.9. The molecule has 0 saturated carbocycles. The van der Waals surface area contributed by atoms with Crippen LogP contribution in [0.3, 0.4) is 0 Å². The Morgan fingerprint density at radius 2 is 1.73 bits per heavy atom. The average molecular weight is 219 g/mol. The fourth-order valence-corrected chi connectivity index (χ4v) is 0.737. The predicted octanol–water partition coefficient (Wildman–Crippen LogP) is 2.42. The molecule has 0 aliphatic rings. The molecule has 11 heavy (non-hydrogen) atoms. The number of methoxy groups -OCH3 is 1. The molecule has 1 aromatic rings. The van der Waals surface area contributed by atoms with Crippen LogP contribution >= 0.6 is 15.9 Å². The summed E-state index contributed by atoms with van der Waals surface area (Å²) in [7, 11) is 3.25. The zero-order valence-corrected chi connectivity index (χ0v) is 8.13. The topological polar surface area (TPSA) is 29.5 Å². The minimum atomic E-state index is 0.285. The fraction of sp³-hybridized carbons (Fsp3) is 0.250. The molecule has 0 aromatic heterocycles. The van der Waals surface area contributed by atoms with Gasteiger partial charge in [0, 0.05) is 14.2 Å². The first-order chi connectivity index (χ1) is 5.22. The Labute approximate surface area is 74.9 Å². The Morgan fingerprint density at radius 3 is 2.00 bits per heavy atom. The SMILES string of the molecule is COC.Oc1ccccc1Br. The van der Waals surface area contributed by atoms with Crippen molar-refractivity contribution in [2.24, 2.45) is 0 Å². The van der Waals surface area contributed by atoms with Crippen molar-refractivity contribution in [1.82, 2.24) is 0 Å². The first-order valence-electron chi connectivity index (χ1n) is 3.06. The smallest absolute Gasteiger partial charge is 0.129 e. The van der Waals surface area contributed by atoms with Crippen LogP contribution in [-0.4, -0.2) is 19.3 Å². The van der Waals surface area contributed by atoms with Crippen molar-refractivity contribution in [2.75, 3.05) is 14.2 Å².